The molecule has 0 aliphatic carbocycles. The summed E-state index contributed by atoms with van der Waals surface area (Å²) in [6.07, 6.45) is 6.35. The maximum Gasteiger partial charge on any atom is 0.137 e. The van der Waals surface area contributed by atoms with Crippen molar-refractivity contribution in [2.45, 2.75) is 46.5 Å². The third kappa shape index (κ3) is 4.13. The predicted octanol–water partition coefficient (Wildman–Crippen LogP) is 7.60. The van der Waals surface area contributed by atoms with Gasteiger partial charge in [-0.2, -0.15) is 0 Å². The summed E-state index contributed by atoms with van der Waals surface area (Å²) in [6.45, 7) is 11.2. The van der Waals surface area contributed by atoms with Crippen LogP contribution in [0.15, 0.2) is 71.7 Å². The average molecular weight is 436 g/mol. The number of benzene rings is 2. The molecule has 0 radical (unpaired) electrons. The van der Waals surface area contributed by atoms with Crippen molar-refractivity contribution in [2.75, 3.05) is 0 Å². The Balaban J connectivity index is 1.58. The number of rotatable bonds is 4. The van der Waals surface area contributed by atoms with Gasteiger partial charge in [0.2, 0.25) is 0 Å². The molecule has 4 nitrogen and oxygen atoms in total. The number of pyridine rings is 1. The van der Waals surface area contributed by atoms with Crippen LogP contribution in [-0.4, -0.2) is 15.0 Å². The average Bonchev–Trinajstić information content (AvgIpc) is 3.19. The second-order valence-corrected chi connectivity index (χ2v) is 10.2. The molecule has 4 heteroatoms. The molecule has 5 aromatic rings. The predicted molar refractivity (Wildman–Crippen MR) is 135 cm³/mol. The molecular weight excluding hydrogens is 406 g/mol. The highest BCUT2D eigenvalue weighted by atomic mass is 16.3. The van der Waals surface area contributed by atoms with Gasteiger partial charge >= 0.3 is 0 Å². The Bertz CT molecular complexity index is 1460. The minimum absolute atomic E-state index is 0.0189. The lowest BCUT2D eigenvalue weighted by molar-refractivity contribution is 0.594. The summed E-state index contributed by atoms with van der Waals surface area (Å²) >= 11 is 0. The third-order valence-corrected chi connectivity index (χ3v) is 6.06. The number of furan rings is 1. The standard InChI is InChI=1S/C29H29N3O/c1-18(2)10-21-16-33-28-14-27(30-15-23(21)28)26-13-25(31-17-32-26)20-11-19-8-6-7-9-22(19)24(12-20)29(3,4)5/h6-9,11-18H,10H2,1-5H3. The first-order chi connectivity index (χ1) is 15.8. The first-order valence-electron chi connectivity index (χ1n) is 11.5. The van der Waals surface area contributed by atoms with Crippen molar-refractivity contribution in [3.05, 3.63) is 78.4 Å². The molecule has 166 valence electrons. The van der Waals surface area contributed by atoms with Crippen LogP contribution < -0.4 is 0 Å². The molecular formula is C29H29N3O. The molecule has 3 heterocycles. The van der Waals surface area contributed by atoms with E-state index in [9.17, 15) is 0 Å². The van der Waals surface area contributed by atoms with Crippen LogP contribution in [0.5, 0.6) is 0 Å². The largest absolute Gasteiger partial charge is 0.464 e. The lowest BCUT2D eigenvalue weighted by atomic mass is 9.82. The third-order valence-electron chi connectivity index (χ3n) is 6.06. The van der Waals surface area contributed by atoms with Gasteiger partial charge in [-0.25, -0.2) is 9.97 Å². The fraction of sp³-hybridized carbons (Fsp3) is 0.276. The lowest BCUT2D eigenvalue weighted by Gasteiger charge is -2.22. The molecule has 0 N–H and O–H groups in total. The molecule has 33 heavy (non-hydrogen) atoms. The Kier molecular flexibility index (Phi) is 5.24. The molecule has 0 atom stereocenters. The second-order valence-electron chi connectivity index (χ2n) is 10.2. The van der Waals surface area contributed by atoms with E-state index in [2.05, 4.69) is 81.0 Å². The van der Waals surface area contributed by atoms with Crippen LogP contribution in [0.1, 0.15) is 45.7 Å². The van der Waals surface area contributed by atoms with E-state index >= 15 is 0 Å². The lowest BCUT2D eigenvalue weighted by Crippen LogP contribution is -2.12. The fourth-order valence-corrected chi connectivity index (χ4v) is 4.45. The molecule has 0 saturated carbocycles. The summed E-state index contributed by atoms with van der Waals surface area (Å²) < 4.78 is 5.84. The zero-order chi connectivity index (χ0) is 23.2. The maximum atomic E-state index is 5.84. The normalized spacial score (nSPS) is 12.2. The minimum Gasteiger partial charge on any atom is -0.464 e. The summed E-state index contributed by atoms with van der Waals surface area (Å²) in [7, 11) is 0. The summed E-state index contributed by atoms with van der Waals surface area (Å²) in [5, 5.41) is 3.57. The zero-order valence-corrected chi connectivity index (χ0v) is 19.9. The first-order valence-corrected chi connectivity index (χ1v) is 11.5. The minimum atomic E-state index is 0.0189. The Morgan fingerprint density at radius 3 is 2.39 bits per heavy atom. The quantitative estimate of drug-likeness (QED) is 0.292. The van der Waals surface area contributed by atoms with Crippen LogP contribution in [-0.2, 0) is 11.8 Å². The molecule has 3 aromatic heterocycles. The first kappa shape index (κ1) is 21.3. The van der Waals surface area contributed by atoms with Crippen molar-refractivity contribution >= 4 is 21.7 Å². The van der Waals surface area contributed by atoms with Crippen molar-refractivity contribution in [2.24, 2.45) is 5.92 Å². The number of aromatic nitrogens is 3. The number of nitrogens with zero attached hydrogens (tertiary/aromatic N) is 3. The Hall–Kier alpha value is -3.53. The van der Waals surface area contributed by atoms with Crippen LogP contribution in [0.4, 0.5) is 0 Å². The summed E-state index contributed by atoms with van der Waals surface area (Å²) in [4.78, 5) is 13.8. The van der Waals surface area contributed by atoms with E-state index in [1.165, 1.54) is 21.9 Å². The van der Waals surface area contributed by atoms with Gasteiger partial charge in [-0.3, -0.25) is 4.98 Å². The zero-order valence-electron chi connectivity index (χ0n) is 19.9. The van der Waals surface area contributed by atoms with E-state index in [0.29, 0.717) is 5.92 Å². The molecule has 5 rings (SSSR count). The van der Waals surface area contributed by atoms with Gasteiger partial charge in [-0.05, 0) is 52.3 Å². The summed E-state index contributed by atoms with van der Waals surface area (Å²) in [6, 6.07) is 17.0. The van der Waals surface area contributed by atoms with Gasteiger partial charge in [0.25, 0.3) is 0 Å². The van der Waals surface area contributed by atoms with E-state index in [1.54, 1.807) is 6.33 Å². The van der Waals surface area contributed by atoms with Crippen LogP contribution in [0.25, 0.3) is 44.4 Å². The SMILES string of the molecule is CC(C)Cc1coc2cc(-c3cc(-c4cc(C(C)(C)C)c5ccccc5c4)ncn3)ncc12. The molecule has 0 saturated heterocycles. The fourth-order valence-electron chi connectivity index (χ4n) is 4.45. The Labute approximate surface area is 194 Å². The van der Waals surface area contributed by atoms with E-state index in [1.807, 2.05) is 24.6 Å². The molecule has 0 aliphatic heterocycles. The molecule has 0 fully saturated rings. The van der Waals surface area contributed by atoms with Gasteiger partial charge in [-0.1, -0.05) is 58.9 Å². The van der Waals surface area contributed by atoms with Gasteiger partial charge < -0.3 is 4.42 Å². The van der Waals surface area contributed by atoms with Crippen LogP contribution in [0.3, 0.4) is 0 Å². The van der Waals surface area contributed by atoms with Crippen LogP contribution in [0.2, 0.25) is 0 Å². The maximum absolute atomic E-state index is 5.84. The second kappa shape index (κ2) is 8.11. The number of fused-ring (bicyclic) bond motifs is 2. The smallest absolute Gasteiger partial charge is 0.137 e. The molecule has 0 amide bonds. The Morgan fingerprint density at radius 2 is 1.61 bits per heavy atom. The van der Waals surface area contributed by atoms with Crippen molar-refractivity contribution in [3.8, 4) is 22.6 Å². The molecule has 0 spiro atoms. The molecule has 0 aliphatic rings. The van der Waals surface area contributed by atoms with E-state index in [4.69, 9.17) is 9.40 Å². The van der Waals surface area contributed by atoms with Crippen molar-refractivity contribution in [1.82, 2.24) is 15.0 Å². The van der Waals surface area contributed by atoms with E-state index in [0.717, 1.165) is 40.0 Å². The highest BCUT2D eigenvalue weighted by Crippen LogP contribution is 2.35. The van der Waals surface area contributed by atoms with Gasteiger partial charge in [0, 0.05) is 28.8 Å². The van der Waals surface area contributed by atoms with Gasteiger partial charge in [0.05, 0.1) is 23.3 Å². The van der Waals surface area contributed by atoms with Gasteiger partial charge in [-0.15, -0.1) is 0 Å². The molecule has 0 bridgehead atoms. The summed E-state index contributed by atoms with van der Waals surface area (Å²) in [5.74, 6) is 0.565. The van der Waals surface area contributed by atoms with E-state index < -0.39 is 0 Å². The molecule has 0 unspecified atom stereocenters. The van der Waals surface area contributed by atoms with Crippen molar-refractivity contribution < 1.29 is 4.42 Å². The highest BCUT2D eigenvalue weighted by Gasteiger charge is 2.19. The molecule has 2 aromatic carbocycles. The van der Waals surface area contributed by atoms with Gasteiger partial charge in [0.1, 0.15) is 11.9 Å². The van der Waals surface area contributed by atoms with Crippen molar-refractivity contribution in [3.63, 3.8) is 0 Å². The van der Waals surface area contributed by atoms with Crippen molar-refractivity contribution in [1.29, 1.82) is 0 Å². The number of hydrogen-bond donors (Lipinski definition) is 0. The monoisotopic (exact) mass is 435 g/mol. The topological polar surface area (TPSA) is 51.8 Å². The van der Waals surface area contributed by atoms with Crippen LogP contribution >= 0.6 is 0 Å². The summed E-state index contributed by atoms with van der Waals surface area (Å²) in [5.41, 5.74) is 6.92. The van der Waals surface area contributed by atoms with Crippen LogP contribution in [0, 0.1) is 5.92 Å². The Morgan fingerprint density at radius 1 is 0.848 bits per heavy atom. The van der Waals surface area contributed by atoms with E-state index in [-0.39, 0.29) is 5.41 Å². The highest BCUT2D eigenvalue weighted by molar-refractivity contribution is 5.91. The number of hydrogen-bond acceptors (Lipinski definition) is 4. The van der Waals surface area contributed by atoms with Gasteiger partial charge in [0.15, 0.2) is 0 Å².